The molecule has 3 heteroatoms. The van der Waals surface area contributed by atoms with Crippen molar-refractivity contribution in [3.05, 3.63) is 66.9 Å². The Morgan fingerprint density at radius 3 is 2.74 bits per heavy atom. The van der Waals surface area contributed by atoms with Gasteiger partial charge in [-0.3, -0.25) is 0 Å². The summed E-state index contributed by atoms with van der Waals surface area (Å²) in [6, 6.07) is 12.7. The number of hydrogen-bond donors (Lipinski definition) is 0. The van der Waals surface area contributed by atoms with Crippen LogP contribution >= 0.6 is 0 Å². The number of pyridine rings is 1. The van der Waals surface area contributed by atoms with E-state index in [4.69, 9.17) is 0 Å². The molecule has 0 spiro atoms. The molecule has 0 saturated heterocycles. The lowest BCUT2D eigenvalue weighted by atomic mass is 10.0. The number of hydrogen-bond acceptors (Lipinski definition) is 1. The fourth-order valence-corrected chi connectivity index (χ4v) is 2.26. The molecule has 19 heavy (non-hydrogen) atoms. The Kier molecular flexibility index (Phi) is 2.88. The van der Waals surface area contributed by atoms with Gasteiger partial charge in [0.1, 0.15) is 7.05 Å². The van der Waals surface area contributed by atoms with Crippen LogP contribution in [0.2, 0.25) is 0 Å². The topological polar surface area (TPSA) is 21.7 Å². The van der Waals surface area contributed by atoms with Crippen molar-refractivity contribution in [2.45, 2.75) is 6.92 Å². The van der Waals surface area contributed by atoms with Crippen LogP contribution in [0, 0.1) is 6.92 Å². The molecule has 0 atom stereocenters. The lowest BCUT2D eigenvalue weighted by molar-refractivity contribution is -0.660. The van der Waals surface area contributed by atoms with Crippen LogP contribution in [0.5, 0.6) is 0 Å². The van der Waals surface area contributed by atoms with Crippen LogP contribution in [0.1, 0.15) is 5.56 Å². The third kappa shape index (κ3) is 2.15. The van der Waals surface area contributed by atoms with Crippen molar-refractivity contribution in [3.63, 3.8) is 0 Å². The zero-order valence-corrected chi connectivity index (χ0v) is 11.1. The molecule has 0 aliphatic carbocycles. The minimum Gasteiger partial charge on any atom is -0.306 e. The minimum absolute atomic E-state index is 1.12. The largest absolute Gasteiger partial charge is 0.306 e. The number of rotatable bonds is 2. The molecule has 0 aliphatic heterocycles. The number of benzene rings is 1. The summed E-state index contributed by atoms with van der Waals surface area (Å²) < 4.78 is 4.16. The molecule has 0 amide bonds. The van der Waals surface area contributed by atoms with Crippen molar-refractivity contribution in [1.82, 2.24) is 9.55 Å². The third-order valence-electron chi connectivity index (χ3n) is 3.36. The van der Waals surface area contributed by atoms with E-state index in [-0.39, 0.29) is 0 Å². The van der Waals surface area contributed by atoms with Crippen LogP contribution in [0.15, 0.2) is 61.3 Å². The molecular weight excluding hydrogens is 234 g/mol. The fourth-order valence-electron chi connectivity index (χ4n) is 2.26. The summed E-state index contributed by atoms with van der Waals surface area (Å²) in [7, 11) is 2.07. The van der Waals surface area contributed by atoms with Crippen LogP contribution in [0.4, 0.5) is 0 Å². The van der Waals surface area contributed by atoms with E-state index >= 15 is 0 Å². The van der Waals surface area contributed by atoms with Gasteiger partial charge in [0.15, 0.2) is 6.20 Å². The molecule has 0 bridgehead atoms. The van der Waals surface area contributed by atoms with Crippen LogP contribution in [-0.2, 0) is 7.05 Å². The Balaban J connectivity index is 2.17. The molecular formula is C16H16N3+. The van der Waals surface area contributed by atoms with E-state index in [1.165, 1.54) is 16.8 Å². The monoisotopic (exact) mass is 250 g/mol. The van der Waals surface area contributed by atoms with Gasteiger partial charge >= 0.3 is 0 Å². The van der Waals surface area contributed by atoms with E-state index < -0.39 is 0 Å². The summed E-state index contributed by atoms with van der Waals surface area (Å²) in [5.41, 5.74) is 4.85. The highest BCUT2D eigenvalue weighted by Crippen LogP contribution is 2.21. The second-order valence-electron chi connectivity index (χ2n) is 4.67. The van der Waals surface area contributed by atoms with Gasteiger partial charge in [0.2, 0.25) is 5.69 Å². The van der Waals surface area contributed by atoms with E-state index in [1.807, 2.05) is 17.1 Å². The maximum atomic E-state index is 4.10. The van der Waals surface area contributed by atoms with Crippen molar-refractivity contribution in [2.75, 3.05) is 0 Å². The maximum Gasteiger partial charge on any atom is 0.214 e. The molecule has 0 aliphatic rings. The Morgan fingerprint density at radius 1 is 1.16 bits per heavy atom. The summed E-state index contributed by atoms with van der Waals surface area (Å²) in [6.45, 7) is 2.14. The van der Waals surface area contributed by atoms with E-state index in [1.54, 1.807) is 6.20 Å². The predicted molar refractivity (Wildman–Crippen MR) is 74.9 cm³/mol. The van der Waals surface area contributed by atoms with E-state index in [0.717, 1.165) is 5.69 Å². The lowest BCUT2D eigenvalue weighted by Crippen LogP contribution is -2.30. The summed E-state index contributed by atoms with van der Waals surface area (Å²) >= 11 is 0. The molecule has 3 nitrogen and oxygen atoms in total. The van der Waals surface area contributed by atoms with Gasteiger partial charge < -0.3 is 4.57 Å². The van der Waals surface area contributed by atoms with Gasteiger partial charge in [-0.05, 0) is 18.6 Å². The quantitative estimate of drug-likeness (QED) is 0.641. The first-order valence-corrected chi connectivity index (χ1v) is 6.30. The standard InChI is InChI=1S/C16H16N3/c1-13-5-3-4-6-15(13)16-11-14(7-9-18(16)2)19-10-8-17-12-19/h3-12H,1-2H3/q+1. The lowest BCUT2D eigenvalue weighted by Gasteiger charge is -2.07. The van der Waals surface area contributed by atoms with E-state index in [2.05, 4.69) is 66.1 Å². The average molecular weight is 250 g/mol. The van der Waals surface area contributed by atoms with E-state index in [9.17, 15) is 0 Å². The molecule has 2 heterocycles. The van der Waals surface area contributed by atoms with Crippen LogP contribution in [-0.4, -0.2) is 9.55 Å². The minimum atomic E-state index is 1.12. The first kappa shape index (κ1) is 11.7. The Bertz CT molecular complexity index is 700. The molecule has 94 valence electrons. The Hall–Kier alpha value is -2.42. The van der Waals surface area contributed by atoms with Gasteiger partial charge in [-0.25, -0.2) is 9.55 Å². The molecule has 2 aromatic heterocycles. The first-order valence-electron chi connectivity index (χ1n) is 6.30. The second kappa shape index (κ2) is 4.69. The highest BCUT2D eigenvalue weighted by molar-refractivity contribution is 5.62. The van der Waals surface area contributed by atoms with Crippen molar-refractivity contribution in [3.8, 4) is 16.9 Å². The predicted octanol–water partition coefficient (Wildman–Crippen LogP) is 2.67. The van der Waals surface area contributed by atoms with Gasteiger partial charge in [-0.2, -0.15) is 0 Å². The molecule has 0 unspecified atom stereocenters. The van der Waals surface area contributed by atoms with Crippen molar-refractivity contribution < 1.29 is 4.57 Å². The molecule has 3 aromatic rings. The van der Waals surface area contributed by atoms with Crippen LogP contribution in [0.25, 0.3) is 16.9 Å². The second-order valence-corrected chi connectivity index (χ2v) is 4.67. The number of imidazole rings is 1. The molecule has 0 radical (unpaired) electrons. The average Bonchev–Trinajstić information content (AvgIpc) is 2.94. The highest BCUT2D eigenvalue weighted by atomic mass is 15.0. The van der Waals surface area contributed by atoms with Crippen LogP contribution < -0.4 is 4.57 Å². The van der Waals surface area contributed by atoms with Crippen molar-refractivity contribution in [2.24, 2.45) is 7.05 Å². The number of aromatic nitrogens is 3. The smallest absolute Gasteiger partial charge is 0.214 e. The highest BCUT2D eigenvalue weighted by Gasteiger charge is 2.13. The van der Waals surface area contributed by atoms with Gasteiger partial charge in [0.25, 0.3) is 0 Å². The fraction of sp³-hybridized carbons (Fsp3) is 0.125. The molecule has 0 N–H and O–H groups in total. The van der Waals surface area contributed by atoms with Crippen LogP contribution in [0.3, 0.4) is 0 Å². The first-order chi connectivity index (χ1) is 9.25. The molecule has 3 rings (SSSR count). The Morgan fingerprint density at radius 2 is 2.00 bits per heavy atom. The maximum absolute atomic E-state index is 4.10. The van der Waals surface area contributed by atoms with E-state index in [0.29, 0.717) is 0 Å². The Labute approximate surface area is 112 Å². The van der Waals surface area contributed by atoms with Gasteiger partial charge in [0.05, 0.1) is 12.0 Å². The normalized spacial score (nSPS) is 10.6. The summed E-state index contributed by atoms with van der Waals surface area (Å²) in [5, 5.41) is 0. The van der Waals surface area contributed by atoms with Gasteiger partial charge in [0, 0.05) is 30.1 Å². The molecule has 0 fully saturated rings. The van der Waals surface area contributed by atoms with Gasteiger partial charge in [-0.1, -0.05) is 18.2 Å². The van der Waals surface area contributed by atoms with Crippen molar-refractivity contribution >= 4 is 0 Å². The molecule has 0 saturated carbocycles. The summed E-state index contributed by atoms with van der Waals surface area (Å²) in [5.74, 6) is 0. The summed E-state index contributed by atoms with van der Waals surface area (Å²) in [4.78, 5) is 4.10. The van der Waals surface area contributed by atoms with Gasteiger partial charge in [-0.15, -0.1) is 0 Å². The zero-order chi connectivity index (χ0) is 13.2. The third-order valence-corrected chi connectivity index (χ3v) is 3.36. The summed E-state index contributed by atoms with van der Waals surface area (Å²) in [6.07, 6.45) is 7.64. The number of aryl methyl sites for hydroxylation is 2. The zero-order valence-electron chi connectivity index (χ0n) is 11.1. The number of nitrogens with zero attached hydrogens (tertiary/aromatic N) is 3. The van der Waals surface area contributed by atoms with Crippen molar-refractivity contribution in [1.29, 1.82) is 0 Å². The molecule has 1 aromatic carbocycles. The SMILES string of the molecule is Cc1ccccc1-c1cc(-n2ccnc2)cc[n+]1C.